The quantitative estimate of drug-likeness (QED) is 0.845. The summed E-state index contributed by atoms with van der Waals surface area (Å²) in [4.78, 5) is 6.70. The highest BCUT2D eigenvalue weighted by atomic mass is 15.1. The molecular formula is C18H25N3. The Bertz CT molecular complexity index is 537. The van der Waals surface area contributed by atoms with Gasteiger partial charge in [0.15, 0.2) is 0 Å². The normalized spacial score (nSPS) is 10.9. The van der Waals surface area contributed by atoms with Crippen molar-refractivity contribution < 1.29 is 0 Å². The summed E-state index contributed by atoms with van der Waals surface area (Å²) in [6.45, 7) is 6.22. The standard InChI is InChI=1S/C18H25N3/c1-15(2)20-14-16-8-4-5-10-18(16)21(3)13-11-17-9-6-7-12-19-17/h4-10,12,15,20H,11,13-14H2,1-3H3. The predicted molar refractivity (Wildman–Crippen MR) is 89.6 cm³/mol. The molecule has 1 aromatic carbocycles. The molecule has 0 bridgehead atoms. The van der Waals surface area contributed by atoms with Crippen molar-refractivity contribution >= 4 is 5.69 Å². The maximum atomic E-state index is 4.39. The van der Waals surface area contributed by atoms with E-state index in [0.29, 0.717) is 6.04 Å². The average Bonchev–Trinajstić information content (AvgIpc) is 2.52. The molecule has 0 radical (unpaired) electrons. The molecular weight excluding hydrogens is 258 g/mol. The van der Waals surface area contributed by atoms with Gasteiger partial charge in [0.25, 0.3) is 0 Å². The minimum atomic E-state index is 0.497. The van der Waals surface area contributed by atoms with Gasteiger partial charge >= 0.3 is 0 Å². The molecule has 1 aromatic heterocycles. The lowest BCUT2D eigenvalue weighted by Gasteiger charge is -2.23. The van der Waals surface area contributed by atoms with Crippen molar-refractivity contribution in [3.63, 3.8) is 0 Å². The summed E-state index contributed by atoms with van der Waals surface area (Å²) in [6.07, 6.45) is 2.82. The molecule has 0 aliphatic heterocycles. The average molecular weight is 283 g/mol. The fourth-order valence-corrected chi connectivity index (χ4v) is 2.30. The van der Waals surface area contributed by atoms with Gasteiger partial charge in [-0.1, -0.05) is 38.1 Å². The second-order valence-corrected chi connectivity index (χ2v) is 5.66. The number of likely N-dealkylation sites (N-methyl/N-ethyl adjacent to an activating group) is 1. The van der Waals surface area contributed by atoms with Gasteiger partial charge in [0.1, 0.15) is 0 Å². The Labute approximate surface area is 128 Å². The summed E-state index contributed by atoms with van der Waals surface area (Å²) in [5, 5.41) is 3.49. The van der Waals surface area contributed by atoms with Crippen molar-refractivity contribution in [2.75, 3.05) is 18.5 Å². The number of nitrogens with zero attached hydrogens (tertiary/aromatic N) is 2. The Kier molecular flexibility index (Phi) is 5.76. The molecule has 1 N–H and O–H groups in total. The SMILES string of the molecule is CC(C)NCc1ccccc1N(C)CCc1ccccn1. The number of para-hydroxylation sites is 1. The van der Waals surface area contributed by atoms with Crippen LogP contribution in [0.25, 0.3) is 0 Å². The maximum Gasteiger partial charge on any atom is 0.0421 e. The molecule has 0 fully saturated rings. The Morgan fingerprint density at radius 3 is 2.57 bits per heavy atom. The van der Waals surface area contributed by atoms with Gasteiger partial charge in [-0.15, -0.1) is 0 Å². The number of hydrogen-bond donors (Lipinski definition) is 1. The first-order valence-corrected chi connectivity index (χ1v) is 7.59. The van der Waals surface area contributed by atoms with Crippen molar-refractivity contribution in [3.05, 3.63) is 59.9 Å². The van der Waals surface area contributed by atoms with Crippen molar-refractivity contribution in [1.82, 2.24) is 10.3 Å². The second-order valence-electron chi connectivity index (χ2n) is 5.66. The Hall–Kier alpha value is -1.87. The van der Waals surface area contributed by atoms with Crippen LogP contribution in [0.3, 0.4) is 0 Å². The smallest absolute Gasteiger partial charge is 0.0421 e. The highest BCUT2D eigenvalue weighted by molar-refractivity contribution is 5.53. The molecule has 0 amide bonds. The van der Waals surface area contributed by atoms with Gasteiger partial charge in [-0.2, -0.15) is 0 Å². The van der Waals surface area contributed by atoms with Crippen LogP contribution in [0.5, 0.6) is 0 Å². The summed E-state index contributed by atoms with van der Waals surface area (Å²) in [7, 11) is 2.15. The van der Waals surface area contributed by atoms with Crippen LogP contribution in [0.15, 0.2) is 48.7 Å². The van der Waals surface area contributed by atoms with Crippen molar-refractivity contribution in [2.45, 2.75) is 32.9 Å². The largest absolute Gasteiger partial charge is 0.374 e. The molecule has 0 unspecified atom stereocenters. The molecule has 3 nitrogen and oxygen atoms in total. The molecule has 1 heterocycles. The van der Waals surface area contributed by atoms with Crippen LogP contribution >= 0.6 is 0 Å². The van der Waals surface area contributed by atoms with Gasteiger partial charge in [0.05, 0.1) is 0 Å². The van der Waals surface area contributed by atoms with Gasteiger partial charge in [-0.05, 0) is 23.8 Å². The van der Waals surface area contributed by atoms with Crippen molar-refractivity contribution in [3.8, 4) is 0 Å². The fourth-order valence-electron chi connectivity index (χ4n) is 2.30. The first-order chi connectivity index (χ1) is 10.2. The van der Waals surface area contributed by atoms with Crippen molar-refractivity contribution in [2.24, 2.45) is 0 Å². The van der Waals surface area contributed by atoms with Crippen LogP contribution in [0.4, 0.5) is 5.69 Å². The van der Waals surface area contributed by atoms with E-state index in [0.717, 1.165) is 25.2 Å². The molecule has 112 valence electrons. The minimum absolute atomic E-state index is 0.497. The Morgan fingerprint density at radius 1 is 1.10 bits per heavy atom. The lowest BCUT2D eigenvalue weighted by atomic mass is 10.1. The zero-order valence-corrected chi connectivity index (χ0v) is 13.2. The van der Waals surface area contributed by atoms with E-state index in [4.69, 9.17) is 0 Å². The van der Waals surface area contributed by atoms with E-state index in [9.17, 15) is 0 Å². The predicted octanol–water partition coefficient (Wildman–Crippen LogP) is 3.26. The van der Waals surface area contributed by atoms with Crippen LogP contribution in [-0.4, -0.2) is 24.6 Å². The van der Waals surface area contributed by atoms with E-state index >= 15 is 0 Å². The summed E-state index contributed by atoms with van der Waals surface area (Å²) in [6, 6.07) is 15.2. The van der Waals surface area contributed by atoms with Crippen LogP contribution in [0.1, 0.15) is 25.1 Å². The Morgan fingerprint density at radius 2 is 1.86 bits per heavy atom. The summed E-state index contributed by atoms with van der Waals surface area (Å²) in [5.74, 6) is 0. The van der Waals surface area contributed by atoms with E-state index < -0.39 is 0 Å². The van der Waals surface area contributed by atoms with E-state index in [1.165, 1.54) is 11.3 Å². The van der Waals surface area contributed by atoms with Gasteiger partial charge in [-0.25, -0.2) is 0 Å². The van der Waals surface area contributed by atoms with Gasteiger partial charge in [0.2, 0.25) is 0 Å². The molecule has 0 saturated heterocycles. The van der Waals surface area contributed by atoms with E-state index in [2.05, 4.69) is 66.4 Å². The number of pyridine rings is 1. The lowest BCUT2D eigenvalue weighted by Crippen LogP contribution is -2.26. The van der Waals surface area contributed by atoms with E-state index in [1.807, 2.05) is 18.3 Å². The first-order valence-electron chi connectivity index (χ1n) is 7.59. The van der Waals surface area contributed by atoms with Gasteiger partial charge in [0, 0.05) is 50.2 Å². The zero-order valence-electron chi connectivity index (χ0n) is 13.2. The zero-order chi connectivity index (χ0) is 15.1. The number of hydrogen-bond acceptors (Lipinski definition) is 3. The molecule has 0 aliphatic carbocycles. The molecule has 0 spiro atoms. The monoisotopic (exact) mass is 283 g/mol. The highest BCUT2D eigenvalue weighted by Crippen LogP contribution is 2.19. The fraction of sp³-hybridized carbons (Fsp3) is 0.389. The van der Waals surface area contributed by atoms with Crippen LogP contribution in [0.2, 0.25) is 0 Å². The van der Waals surface area contributed by atoms with Crippen LogP contribution in [-0.2, 0) is 13.0 Å². The van der Waals surface area contributed by atoms with E-state index in [1.54, 1.807) is 0 Å². The second kappa shape index (κ2) is 7.79. The summed E-state index contributed by atoms with van der Waals surface area (Å²) < 4.78 is 0. The number of nitrogens with one attached hydrogen (secondary N) is 1. The lowest BCUT2D eigenvalue weighted by molar-refractivity contribution is 0.588. The molecule has 21 heavy (non-hydrogen) atoms. The maximum absolute atomic E-state index is 4.39. The number of anilines is 1. The molecule has 2 rings (SSSR count). The molecule has 0 saturated carbocycles. The number of aromatic nitrogens is 1. The number of benzene rings is 1. The Balaban J connectivity index is 1.99. The third kappa shape index (κ3) is 4.87. The van der Waals surface area contributed by atoms with Crippen molar-refractivity contribution in [1.29, 1.82) is 0 Å². The topological polar surface area (TPSA) is 28.2 Å². The van der Waals surface area contributed by atoms with E-state index in [-0.39, 0.29) is 0 Å². The molecule has 2 aromatic rings. The van der Waals surface area contributed by atoms with Gasteiger partial charge < -0.3 is 10.2 Å². The molecule has 0 aliphatic rings. The molecule has 3 heteroatoms. The van der Waals surface area contributed by atoms with Crippen LogP contribution < -0.4 is 10.2 Å². The minimum Gasteiger partial charge on any atom is -0.374 e. The summed E-state index contributed by atoms with van der Waals surface area (Å²) in [5.41, 5.74) is 3.78. The van der Waals surface area contributed by atoms with Gasteiger partial charge in [-0.3, -0.25) is 4.98 Å². The highest BCUT2D eigenvalue weighted by Gasteiger charge is 2.07. The molecule has 0 atom stereocenters. The first kappa shape index (κ1) is 15.5. The third-order valence-electron chi connectivity index (χ3n) is 3.53. The number of rotatable bonds is 7. The van der Waals surface area contributed by atoms with Crippen LogP contribution in [0, 0.1) is 0 Å². The summed E-state index contributed by atoms with van der Waals surface area (Å²) >= 11 is 0. The third-order valence-corrected chi connectivity index (χ3v) is 3.53.